The lowest BCUT2D eigenvalue weighted by atomic mass is 10.2. The molecule has 0 aliphatic carbocycles. The van der Waals surface area contributed by atoms with Crippen molar-refractivity contribution >= 4 is 14.8 Å². The van der Waals surface area contributed by atoms with E-state index in [1.165, 1.54) is 10.8 Å². The van der Waals surface area contributed by atoms with E-state index in [2.05, 4.69) is 46.5 Å². The normalized spacial score (nSPS) is 28.0. The van der Waals surface area contributed by atoms with Gasteiger partial charge in [0.15, 0.2) is 6.29 Å². The molecule has 0 aromatic carbocycles. The fourth-order valence-electron chi connectivity index (χ4n) is 4.30. The molecule has 8 nitrogen and oxygen atoms in total. The largest absolute Gasteiger partial charge is 0.391 e. The summed E-state index contributed by atoms with van der Waals surface area (Å²) in [5.41, 5.74) is -1.42. The number of carbonyl (C=O) groups excluding carboxylic acids is 1. The van der Waals surface area contributed by atoms with Crippen LogP contribution in [0.15, 0.2) is 15.8 Å². The van der Waals surface area contributed by atoms with Gasteiger partial charge in [-0.25, -0.2) is 4.79 Å². The Kier molecular flexibility index (Phi) is 4.87. The van der Waals surface area contributed by atoms with E-state index in [1.807, 2.05) is 0 Å². The Labute approximate surface area is 159 Å². The van der Waals surface area contributed by atoms with Gasteiger partial charge in [-0.15, -0.1) is 0 Å². The zero-order valence-corrected chi connectivity index (χ0v) is 17.7. The van der Waals surface area contributed by atoms with Crippen molar-refractivity contribution in [2.75, 3.05) is 6.61 Å². The zero-order chi connectivity index (χ0) is 20.2. The SMILES string of the molecule is CC(C)(C)[Si]1(C(C)(C)C)OC[C@H]2O[C@@H](n3cc(C=O)c(=O)[nH]c3=O)C[C@@H]2O1. The van der Waals surface area contributed by atoms with Crippen molar-refractivity contribution in [2.45, 2.75) is 76.5 Å². The highest BCUT2D eigenvalue weighted by molar-refractivity contribution is 6.73. The van der Waals surface area contributed by atoms with Gasteiger partial charge in [-0.3, -0.25) is 19.1 Å². The van der Waals surface area contributed by atoms with Gasteiger partial charge >= 0.3 is 14.3 Å². The van der Waals surface area contributed by atoms with E-state index in [-0.39, 0.29) is 27.8 Å². The molecule has 0 amide bonds. The molecule has 2 fully saturated rings. The van der Waals surface area contributed by atoms with E-state index in [9.17, 15) is 14.4 Å². The Hall–Kier alpha value is -1.55. The van der Waals surface area contributed by atoms with Crippen LogP contribution < -0.4 is 11.2 Å². The molecular weight excluding hydrogens is 368 g/mol. The standard InChI is InChI=1S/C18H28N2O6Si/c1-17(2,3)27(18(4,5)6)24-10-13-12(26-27)7-14(25-13)20-8-11(9-21)15(22)19-16(20)23/h8-9,12-14H,7,10H2,1-6H3,(H,19,22,23)/t12-,13+,14+/m0/s1. The van der Waals surface area contributed by atoms with Gasteiger partial charge in [-0.2, -0.15) is 0 Å². The van der Waals surface area contributed by atoms with Gasteiger partial charge in [0.2, 0.25) is 0 Å². The molecule has 2 aliphatic heterocycles. The predicted octanol–water partition coefficient (Wildman–Crippen LogP) is 2.09. The first-order valence-electron chi connectivity index (χ1n) is 9.17. The van der Waals surface area contributed by atoms with Crippen LogP contribution >= 0.6 is 0 Å². The molecule has 3 atom stereocenters. The number of nitrogens with zero attached hydrogens (tertiary/aromatic N) is 1. The molecule has 2 aliphatic rings. The number of rotatable bonds is 2. The van der Waals surface area contributed by atoms with Gasteiger partial charge in [-0.1, -0.05) is 41.5 Å². The first-order valence-corrected chi connectivity index (χ1v) is 11.0. The summed E-state index contributed by atoms with van der Waals surface area (Å²) in [6.45, 7) is 13.2. The lowest BCUT2D eigenvalue weighted by Crippen LogP contribution is -2.64. The second-order valence-corrected chi connectivity index (χ2v) is 14.1. The summed E-state index contributed by atoms with van der Waals surface area (Å²) in [4.78, 5) is 37.0. The smallest absolute Gasteiger partial charge is 0.349 e. The summed E-state index contributed by atoms with van der Waals surface area (Å²) in [7, 11) is -2.62. The zero-order valence-electron chi connectivity index (χ0n) is 16.7. The third-order valence-corrected chi connectivity index (χ3v) is 10.5. The second-order valence-electron chi connectivity index (χ2n) is 9.32. The molecular formula is C18H28N2O6Si. The van der Waals surface area contributed by atoms with Gasteiger partial charge in [0, 0.05) is 22.7 Å². The first kappa shape index (κ1) is 20.2. The van der Waals surface area contributed by atoms with Crippen LogP contribution in [-0.4, -0.2) is 43.2 Å². The van der Waals surface area contributed by atoms with Crippen LogP contribution in [0.4, 0.5) is 0 Å². The van der Waals surface area contributed by atoms with Crippen molar-refractivity contribution in [1.29, 1.82) is 0 Å². The van der Waals surface area contributed by atoms with Gasteiger partial charge in [0.05, 0.1) is 18.3 Å². The number of aldehydes is 1. The maximum absolute atomic E-state index is 12.2. The van der Waals surface area contributed by atoms with Crippen molar-refractivity contribution in [3.63, 3.8) is 0 Å². The molecule has 0 saturated carbocycles. The maximum atomic E-state index is 12.2. The van der Waals surface area contributed by atoms with Crippen LogP contribution in [0, 0.1) is 0 Å². The number of carbonyl (C=O) groups is 1. The highest BCUT2D eigenvalue weighted by Crippen LogP contribution is 2.55. The van der Waals surface area contributed by atoms with Gasteiger partial charge in [0.25, 0.3) is 5.56 Å². The average Bonchev–Trinajstić information content (AvgIpc) is 2.95. The number of fused-ring (bicyclic) bond motifs is 1. The maximum Gasteiger partial charge on any atom is 0.349 e. The summed E-state index contributed by atoms with van der Waals surface area (Å²) in [6.07, 6.45) is 1.02. The van der Waals surface area contributed by atoms with Crippen LogP contribution in [0.25, 0.3) is 0 Å². The summed E-state index contributed by atoms with van der Waals surface area (Å²) >= 11 is 0. The summed E-state index contributed by atoms with van der Waals surface area (Å²) in [5, 5.41) is -0.290. The number of aromatic nitrogens is 2. The van der Waals surface area contributed by atoms with Gasteiger partial charge in [0.1, 0.15) is 12.3 Å². The van der Waals surface area contributed by atoms with Crippen LogP contribution in [0.1, 0.15) is 64.5 Å². The van der Waals surface area contributed by atoms with Crippen LogP contribution in [0.3, 0.4) is 0 Å². The van der Waals surface area contributed by atoms with Gasteiger partial charge in [-0.05, 0) is 0 Å². The molecule has 1 aromatic heterocycles. The monoisotopic (exact) mass is 396 g/mol. The van der Waals surface area contributed by atoms with Crippen molar-refractivity contribution in [2.24, 2.45) is 0 Å². The number of H-pyrrole nitrogens is 1. The van der Waals surface area contributed by atoms with E-state index in [0.717, 1.165) is 0 Å². The van der Waals surface area contributed by atoms with Crippen LogP contribution in [0.2, 0.25) is 10.1 Å². The molecule has 1 aromatic rings. The highest BCUT2D eigenvalue weighted by Gasteiger charge is 2.63. The molecule has 0 unspecified atom stereocenters. The molecule has 3 rings (SSSR count). The molecule has 0 spiro atoms. The molecule has 0 radical (unpaired) electrons. The quantitative estimate of drug-likeness (QED) is 0.607. The number of ether oxygens (including phenoxy) is 1. The topological polar surface area (TPSA) is 99.6 Å². The molecule has 9 heteroatoms. The minimum Gasteiger partial charge on any atom is -0.391 e. The summed E-state index contributed by atoms with van der Waals surface area (Å²) in [6, 6.07) is 0. The van der Waals surface area contributed by atoms with Crippen LogP contribution in [-0.2, 0) is 13.6 Å². The van der Waals surface area contributed by atoms with Crippen LogP contribution in [0.5, 0.6) is 0 Å². The number of nitrogens with one attached hydrogen (secondary N) is 1. The Bertz CT molecular complexity index is 833. The Morgan fingerprint density at radius 3 is 2.33 bits per heavy atom. The number of hydrogen-bond donors (Lipinski definition) is 1. The molecule has 3 heterocycles. The lowest BCUT2D eigenvalue weighted by Gasteiger charge is -2.53. The highest BCUT2D eigenvalue weighted by atomic mass is 28.4. The third-order valence-electron chi connectivity index (χ3n) is 5.36. The fourth-order valence-corrected chi connectivity index (χ4v) is 9.27. The first-order chi connectivity index (χ1) is 12.4. The van der Waals surface area contributed by atoms with Crippen molar-refractivity contribution < 1.29 is 18.4 Å². The number of aromatic amines is 1. The Morgan fingerprint density at radius 2 is 1.78 bits per heavy atom. The molecule has 1 N–H and O–H groups in total. The molecule has 27 heavy (non-hydrogen) atoms. The van der Waals surface area contributed by atoms with Crippen molar-refractivity contribution in [1.82, 2.24) is 9.55 Å². The van der Waals surface area contributed by atoms with E-state index >= 15 is 0 Å². The second kappa shape index (κ2) is 6.51. The lowest BCUT2D eigenvalue weighted by molar-refractivity contribution is -0.0808. The summed E-state index contributed by atoms with van der Waals surface area (Å²) < 4.78 is 20.3. The van der Waals surface area contributed by atoms with E-state index in [4.69, 9.17) is 13.6 Å². The Balaban J connectivity index is 1.91. The third kappa shape index (κ3) is 3.26. The van der Waals surface area contributed by atoms with Gasteiger partial charge < -0.3 is 13.6 Å². The average molecular weight is 397 g/mol. The van der Waals surface area contributed by atoms with E-state index < -0.39 is 26.0 Å². The predicted molar refractivity (Wildman–Crippen MR) is 101 cm³/mol. The van der Waals surface area contributed by atoms with E-state index in [1.54, 1.807) is 0 Å². The number of hydrogen-bond acceptors (Lipinski definition) is 6. The van der Waals surface area contributed by atoms with Crippen molar-refractivity contribution in [3.8, 4) is 0 Å². The molecule has 2 saturated heterocycles. The minimum atomic E-state index is -2.62. The Morgan fingerprint density at radius 1 is 1.15 bits per heavy atom. The molecule has 150 valence electrons. The fraction of sp³-hybridized carbons (Fsp3) is 0.722. The molecule has 0 bridgehead atoms. The summed E-state index contributed by atoms with van der Waals surface area (Å²) in [5.74, 6) is 0. The minimum absolute atomic E-state index is 0.113. The van der Waals surface area contributed by atoms with E-state index in [0.29, 0.717) is 19.3 Å². The van der Waals surface area contributed by atoms with Crippen molar-refractivity contribution in [3.05, 3.63) is 32.6 Å².